The highest BCUT2D eigenvalue weighted by Crippen LogP contribution is 2.21. The van der Waals surface area contributed by atoms with E-state index in [0.29, 0.717) is 11.2 Å². The molecule has 7 heteroatoms. The summed E-state index contributed by atoms with van der Waals surface area (Å²) >= 11 is 1.50. The Labute approximate surface area is 147 Å². The monoisotopic (exact) mass is 349 g/mol. The minimum Gasteiger partial charge on any atom is -0.324 e. The first-order chi connectivity index (χ1) is 11.8. The van der Waals surface area contributed by atoms with Crippen molar-refractivity contribution in [3.8, 4) is 0 Å². The number of piperidine rings is 1. The van der Waals surface area contributed by atoms with E-state index in [-0.39, 0.29) is 6.03 Å². The van der Waals surface area contributed by atoms with Crippen molar-refractivity contribution >= 4 is 22.5 Å². The minimum absolute atomic E-state index is 0.0377. The number of nitrogens with zero attached hydrogens (tertiary/aromatic N) is 4. The number of likely N-dealkylation sites (tertiary alicyclic amines) is 1. The lowest BCUT2D eigenvalue weighted by molar-refractivity contribution is 0.144. The van der Waals surface area contributed by atoms with Gasteiger partial charge in [0.1, 0.15) is 5.01 Å². The van der Waals surface area contributed by atoms with Gasteiger partial charge in [-0.05, 0) is 19.3 Å². The number of amides is 2. The second-order valence-corrected chi connectivity index (χ2v) is 7.59. The second kappa shape index (κ2) is 8.58. The summed E-state index contributed by atoms with van der Waals surface area (Å²) in [6.07, 6.45) is 11.1. The van der Waals surface area contributed by atoms with E-state index in [9.17, 15) is 4.79 Å². The maximum atomic E-state index is 12.4. The quantitative estimate of drug-likeness (QED) is 0.633. The number of aryl methyl sites for hydroxylation is 1. The Bertz CT molecular complexity index is 557. The fourth-order valence-electron chi connectivity index (χ4n) is 3.33. The summed E-state index contributed by atoms with van der Waals surface area (Å²) in [7, 11) is 0. The molecule has 2 aliphatic rings. The molecule has 0 atom stereocenters. The normalized spacial score (nSPS) is 19.1. The molecule has 1 aromatic heterocycles. The van der Waals surface area contributed by atoms with Crippen molar-refractivity contribution in [2.24, 2.45) is 0 Å². The zero-order chi connectivity index (χ0) is 16.8. The molecule has 0 aliphatic carbocycles. The van der Waals surface area contributed by atoms with Crippen LogP contribution in [0.3, 0.4) is 0 Å². The number of unbranched alkanes of at least 4 members (excludes halogenated alkanes) is 2. The van der Waals surface area contributed by atoms with Gasteiger partial charge in [0.2, 0.25) is 5.13 Å². The Morgan fingerprint density at radius 2 is 2.00 bits per heavy atom. The molecule has 0 unspecified atom stereocenters. The number of anilines is 1. The lowest BCUT2D eigenvalue weighted by atomic mass is 10.0. The minimum atomic E-state index is -0.0377. The molecule has 132 valence electrons. The number of aromatic nitrogens is 2. The van der Waals surface area contributed by atoms with Crippen LogP contribution in [0.4, 0.5) is 9.93 Å². The van der Waals surface area contributed by atoms with Crippen LogP contribution in [0.25, 0.3) is 0 Å². The van der Waals surface area contributed by atoms with Gasteiger partial charge in [0.05, 0.1) is 0 Å². The summed E-state index contributed by atoms with van der Waals surface area (Å²) < 4.78 is 0. The molecule has 6 nitrogen and oxygen atoms in total. The highest BCUT2D eigenvalue weighted by Gasteiger charge is 2.27. The van der Waals surface area contributed by atoms with Crippen molar-refractivity contribution in [1.82, 2.24) is 20.0 Å². The van der Waals surface area contributed by atoms with Crippen LogP contribution in [-0.2, 0) is 6.42 Å². The highest BCUT2D eigenvalue weighted by atomic mass is 32.1. The van der Waals surface area contributed by atoms with Crippen molar-refractivity contribution in [2.45, 2.75) is 51.5 Å². The smallest absolute Gasteiger partial charge is 0.323 e. The van der Waals surface area contributed by atoms with Crippen LogP contribution in [0.1, 0.15) is 44.0 Å². The van der Waals surface area contributed by atoms with E-state index in [2.05, 4.69) is 39.5 Å². The fraction of sp³-hybridized carbons (Fsp3) is 0.706. The standard InChI is InChI=1S/C17H27N5OS/c1-2-3-4-7-15-19-20-16(24-15)18-17(23)22-12-8-14(9-13-22)21-10-5-6-11-21/h5-6,14H,2-4,7-13H2,1H3,(H,18,20,23). The molecule has 1 saturated heterocycles. The summed E-state index contributed by atoms with van der Waals surface area (Å²) in [5.41, 5.74) is 0. The van der Waals surface area contributed by atoms with Crippen molar-refractivity contribution in [2.75, 3.05) is 31.5 Å². The largest absolute Gasteiger partial charge is 0.324 e. The van der Waals surface area contributed by atoms with Gasteiger partial charge in [0.15, 0.2) is 0 Å². The first kappa shape index (κ1) is 17.4. The maximum absolute atomic E-state index is 12.4. The molecule has 1 aromatic rings. The van der Waals surface area contributed by atoms with E-state index in [1.165, 1.54) is 24.2 Å². The molecule has 1 N–H and O–H groups in total. The summed E-state index contributed by atoms with van der Waals surface area (Å²) in [4.78, 5) is 16.8. The molecular formula is C17H27N5OS. The maximum Gasteiger partial charge on any atom is 0.323 e. The Morgan fingerprint density at radius 3 is 2.71 bits per heavy atom. The van der Waals surface area contributed by atoms with Gasteiger partial charge in [-0.15, -0.1) is 10.2 Å². The Balaban J connectivity index is 1.42. The second-order valence-electron chi connectivity index (χ2n) is 6.53. The molecule has 0 aromatic carbocycles. The van der Waals surface area contributed by atoms with E-state index in [1.807, 2.05) is 4.90 Å². The van der Waals surface area contributed by atoms with Crippen LogP contribution in [-0.4, -0.2) is 58.2 Å². The SMILES string of the molecule is CCCCCc1nnc(NC(=O)N2CCC(N3CC=CC3)CC2)s1. The predicted octanol–water partition coefficient (Wildman–Crippen LogP) is 3.14. The fourth-order valence-corrected chi connectivity index (χ4v) is 4.10. The van der Waals surface area contributed by atoms with E-state index in [1.54, 1.807) is 0 Å². The van der Waals surface area contributed by atoms with Crippen LogP contribution < -0.4 is 5.32 Å². The number of hydrogen-bond donors (Lipinski definition) is 1. The molecule has 24 heavy (non-hydrogen) atoms. The number of rotatable bonds is 6. The van der Waals surface area contributed by atoms with Crippen molar-refractivity contribution in [3.05, 3.63) is 17.2 Å². The van der Waals surface area contributed by atoms with E-state index in [4.69, 9.17) is 0 Å². The van der Waals surface area contributed by atoms with E-state index < -0.39 is 0 Å². The molecule has 2 aliphatic heterocycles. The molecule has 3 heterocycles. The van der Waals surface area contributed by atoms with Crippen LogP contribution in [0.15, 0.2) is 12.2 Å². The zero-order valence-electron chi connectivity index (χ0n) is 14.4. The first-order valence-corrected chi connectivity index (χ1v) is 9.85. The van der Waals surface area contributed by atoms with E-state index in [0.717, 1.165) is 56.9 Å². The number of carbonyl (C=O) groups is 1. The first-order valence-electron chi connectivity index (χ1n) is 9.03. The topological polar surface area (TPSA) is 61.4 Å². The summed E-state index contributed by atoms with van der Waals surface area (Å²) in [6.45, 7) is 5.93. The van der Waals surface area contributed by atoms with E-state index >= 15 is 0 Å². The third-order valence-corrected chi connectivity index (χ3v) is 5.69. The van der Waals surface area contributed by atoms with Crippen LogP contribution in [0, 0.1) is 0 Å². The summed E-state index contributed by atoms with van der Waals surface area (Å²) in [5, 5.41) is 12.8. The molecule has 0 spiro atoms. The molecule has 0 radical (unpaired) electrons. The van der Waals surface area contributed by atoms with Gasteiger partial charge < -0.3 is 4.90 Å². The number of hydrogen-bond acceptors (Lipinski definition) is 5. The lowest BCUT2D eigenvalue weighted by Crippen LogP contribution is -2.47. The summed E-state index contributed by atoms with van der Waals surface area (Å²) in [5.74, 6) is 0. The van der Waals surface area contributed by atoms with Gasteiger partial charge in [-0.1, -0.05) is 43.3 Å². The molecule has 1 fully saturated rings. The predicted molar refractivity (Wildman–Crippen MR) is 97.5 cm³/mol. The number of carbonyl (C=O) groups excluding carboxylic acids is 1. The van der Waals surface area contributed by atoms with Gasteiger partial charge in [0, 0.05) is 38.6 Å². The Kier molecular flexibility index (Phi) is 6.20. The van der Waals surface area contributed by atoms with Crippen molar-refractivity contribution in [3.63, 3.8) is 0 Å². The van der Waals surface area contributed by atoms with Crippen LogP contribution in [0.2, 0.25) is 0 Å². The van der Waals surface area contributed by atoms with Crippen LogP contribution >= 0.6 is 11.3 Å². The number of nitrogens with one attached hydrogen (secondary N) is 1. The van der Waals surface area contributed by atoms with Crippen LogP contribution in [0.5, 0.6) is 0 Å². The average Bonchev–Trinajstić information content (AvgIpc) is 3.27. The Morgan fingerprint density at radius 1 is 1.25 bits per heavy atom. The van der Waals surface area contributed by atoms with Gasteiger partial charge >= 0.3 is 6.03 Å². The summed E-state index contributed by atoms with van der Waals surface area (Å²) in [6, 6.07) is 0.569. The lowest BCUT2D eigenvalue weighted by Gasteiger charge is -2.36. The third-order valence-electron chi connectivity index (χ3n) is 4.79. The average molecular weight is 350 g/mol. The molecule has 0 bridgehead atoms. The Hall–Kier alpha value is -1.47. The van der Waals surface area contributed by atoms with Gasteiger partial charge in [-0.2, -0.15) is 0 Å². The van der Waals surface area contributed by atoms with Crippen molar-refractivity contribution in [1.29, 1.82) is 0 Å². The molecule has 0 saturated carbocycles. The van der Waals surface area contributed by atoms with Gasteiger partial charge in [-0.25, -0.2) is 4.79 Å². The molecular weight excluding hydrogens is 322 g/mol. The molecule has 3 rings (SSSR count). The van der Waals surface area contributed by atoms with Gasteiger partial charge in [-0.3, -0.25) is 10.2 Å². The zero-order valence-corrected chi connectivity index (χ0v) is 15.2. The number of urea groups is 1. The highest BCUT2D eigenvalue weighted by molar-refractivity contribution is 7.15. The molecule has 2 amide bonds. The third kappa shape index (κ3) is 4.54. The van der Waals surface area contributed by atoms with Crippen molar-refractivity contribution < 1.29 is 4.79 Å². The van der Waals surface area contributed by atoms with Gasteiger partial charge in [0.25, 0.3) is 0 Å².